The van der Waals surface area contributed by atoms with Crippen LogP contribution in [-0.4, -0.2) is 42.0 Å². The first-order valence-electron chi connectivity index (χ1n) is 3.83. The molecule has 62 valence electrons. The molecule has 0 aromatic carbocycles. The molecule has 0 bridgehead atoms. The Morgan fingerprint density at radius 3 is 2.30 bits per heavy atom. The maximum Gasteiger partial charge on any atom is 0.0751 e. The predicted molar refractivity (Wildman–Crippen MR) is 42.0 cm³/mol. The Morgan fingerprint density at radius 1 is 1.30 bits per heavy atom. The molecule has 0 saturated carbocycles. The fourth-order valence-electron chi connectivity index (χ4n) is 0.831. The van der Waals surface area contributed by atoms with Gasteiger partial charge in [-0.2, -0.15) is 5.06 Å². The lowest BCUT2D eigenvalue weighted by atomic mass is 10.4. The quantitative estimate of drug-likeness (QED) is 0.463. The van der Waals surface area contributed by atoms with Crippen molar-refractivity contribution >= 4 is 0 Å². The molecule has 0 aromatic rings. The molecular weight excluding hydrogens is 128 g/mol. The first-order valence-corrected chi connectivity index (χ1v) is 3.83. The Bertz CT molecular complexity index is 78.0. The highest BCUT2D eigenvalue weighted by atomic mass is 16.5. The minimum atomic E-state index is 0.643. The Kier molecular flexibility index (Phi) is 5.58. The molecular formula is C7H18N2O. The summed E-state index contributed by atoms with van der Waals surface area (Å²) in [7, 11) is 2.00. The molecule has 0 aliphatic rings. The summed E-state index contributed by atoms with van der Waals surface area (Å²) in [5, 5.41) is 10.3. The monoisotopic (exact) mass is 146 g/mol. The van der Waals surface area contributed by atoms with Crippen LogP contribution in [0, 0.1) is 0 Å². The minimum absolute atomic E-state index is 0.643. The van der Waals surface area contributed by atoms with Gasteiger partial charge in [-0.05, 0) is 20.0 Å². The van der Waals surface area contributed by atoms with Crippen LogP contribution >= 0.6 is 0 Å². The van der Waals surface area contributed by atoms with Gasteiger partial charge in [-0.15, -0.1) is 0 Å². The third-order valence-corrected chi connectivity index (χ3v) is 1.38. The fourth-order valence-corrected chi connectivity index (χ4v) is 0.831. The van der Waals surface area contributed by atoms with E-state index in [4.69, 9.17) is 5.21 Å². The Labute approximate surface area is 63.2 Å². The van der Waals surface area contributed by atoms with Crippen molar-refractivity contribution in [1.29, 1.82) is 0 Å². The van der Waals surface area contributed by atoms with Crippen LogP contribution in [0.4, 0.5) is 0 Å². The van der Waals surface area contributed by atoms with Crippen LogP contribution in [-0.2, 0) is 0 Å². The van der Waals surface area contributed by atoms with Crippen molar-refractivity contribution in [3.05, 3.63) is 0 Å². The summed E-state index contributed by atoms with van der Waals surface area (Å²) in [6.07, 6.45) is 1.13. The third kappa shape index (κ3) is 4.73. The van der Waals surface area contributed by atoms with Gasteiger partial charge in [0.2, 0.25) is 0 Å². The SMILES string of the molecule is CCCN(C)CN(O)CC. The molecule has 0 fully saturated rings. The average Bonchev–Trinajstić information content (AvgIpc) is 1.88. The molecule has 3 nitrogen and oxygen atoms in total. The summed E-state index contributed by atoms with van der Waals surface area (Å²) in [5.41, 5.74) is 0. The molecule has 0 amide bonds. The zero-order valence-corrected chi connectivity index (χ0v) is 7.17. The number of hydroxylamine groups is 2. The van der Waals surface area contributed by atoms with Crippen LogP contribution in [0.3, 0.4) is 0 Å². The van der Waals surface area contributed by atoms with Crippen molar-refractivity contribution in [1.82, 2.24) is 9.96 Å². The smallest absolute Gasteiger partial charge is 0.0751 e. The molecule has 3 heteroatoms. The topological polar surface area (TPSA) is 26.7 Å². The van der Waals surface area contributed by atoms with Crippen LogP contribution in [0.5, 0.6) is 0 Å². The van der Waals surface area contributed by atoms with E-state index in [0.717, 1.165) is 13.0 Å². The molecule has 10 heavy (non-hydrogen) atoms. The number of hydrogen-bond donors (Lipinski definition) is 1. The molecule has 0 aliphatic carbocycles. The van der Waals surface area contributed by atoms with Crippen molar-refractivity contribution < 1.29 is 5.21 Å². The third-order valence-electron chi connectivity index (χ3n) is 1.38. The normalized spacial score (nSPS) is 11.4. The fraction of sp³-hybridized carbons (Fsp3) is 1.00. The molecule has 0 heterocycles. The van der Waals surface area contributed by atoms with Crippen LogP contribution in [0.2, 0.25) is 0 Å². The minimum Gasteiger partial charge on any atom is -0.313 e. The number of hydrogen-bond acceptors (Lipinski definition) is 3. The van der Waals surface area contributed by atoms with E-state index in [2.05, 4.69) is 11.8 Å². The second-order valence-electron chi connectivity index (χ2n) is 2.54. The van der Waals surface area contributed by atoms with Gasteiger partial charge in [0.05, 0.1) is 6.67 Å². The van der Waals surface area contributed by atoms with Crippen LogP contribution in [0.25, 0.3) is 0 Å². The number of nitrogens with zero attached hydrogens (tertiary/aromatic N) is 2. The molecule has 0 saturated heterocycles. The second kappa shape index (κ2) is 5.65. The zero-order valence-electron chi connectivity index (χ0n) is 7.17. The molecule has 0 rings (SSSR count). The zero-order chi connectivity index (χ0) is 7.98. The molecule has 0 aromatic heterocycles. The highest BCUT2D eigenvalue weighted by Crippen LogP contribution is 1.88. The van der Waals surface area contributed by atoms with Gasteiger partial charge in [0.1, 0.15) is 0 Å². The van der Waals surface area contributed by atoms with Gasteiger partial charge in [-0.25, -0.2) is 0 Å². The maximum absolute atomic E-state index is 9.05. The Balaban J connectivity index is 3.27. The van der Waals surface area contributed by atoms with Gasteiger partial charge in [0.15, 0.2) is 0 Å². The van der Waals surface area contributed by atoms with Gasteiger partial charge in [-0.1, -0.05) is 13.8 Å². The van der Waals surface area contributed by atoms with Crippen molar-refractivity contribution in [2.45, 2.75) is 20.3 Å². The van der Waals surface area contributed by atoms with E-state index >= 15 is 0 Å². The summed E-state index contributed by atoms with van der Waals surface area (Å²) in [4.78, 5) is 2.09. The van der Waals surface area contributed by atoms with Gasteiger partial charge in [0.25, 0.3) is 0 Å². The molecule has 1 N–H and O–H groups in total. The van der Waals surface area contributed by atoms with Crippen molar-refractivity contribution in [3.63, 3.8) is 0 Å². The lowest BCUT2D eigenvalue weighted by molar-refractivity contribution is -0.116. The van der Waals surface area contributed by atoms with Crippen molar-refractivity contribution in [2.75, 3.05) is 26.8 Å². The first-order chi connectivity index (χ1) is 4.70. The summed E-state index contributed by atoms with van der Waals surface area (Å²) in [6, 6.07) is 0. The predicted octanol–water partition coefficient (Wildman–Crippen LogP) is 0.997. The van der Waals surface area contributed by atoms with Gasteiger partial charge in [0, 0.05) is 6.54 Å². The second-order valence-corrected chi connectivity index (χ2v) is 2.54. The molecule has 0 spiro atoms. The molecule has 0 unspecified atom stereocenters. The average molecular weight is 146 g/mol. The molecule has 0 atom stereocenters. The highest BCUT2D eigenvalue weighted by molar-refractivity contribution is 4.45. The lowest BCUT2D eigenvalue weighted by Crippen LogP contribution is -2.33. The van der Waals surface area contributed by atoms with E-state index in [-0.39, 0.29) is 0 Å². The number of rotatable bonds is 5. The van der Waals surface area contributed by atoms with Crippen LogP contribution in [0.1, 0.15) is 20.3 Å². The van der Waals surface area contributed by atoms with E-state index in [9.17, 15) is 0 Å². The van der Waals surface area contributed by atoms with Crippen LogP contribution < -0.4 is 0 Å². The summed E-state index contributed by atoms with van der Waals surface area (Å²) < 4.78 is 0. The highest BCUT2D eigenvalue weighted by Gasteiger charge is 1.99. The van der Waals surface area contributed by atoms with Gasteiger partial charge < -0.3 is 5.21 Å². The van der Waals surface area contributed by atoms with E-state index < -0.39 is 0 Å². The van der Waals surface area contributed by atoms with Crippen molar-refractivity contribution in [3.8, 4) is 0 Å². The summed E-state index contributed by atoms with van der Waals surface area (Å²) in [6.45, 7) is 6.43. The standard InChI is InChI=1S/C7H18N2O/c1-4-6-8(3)7-9(10)5-2/h10H,4-7H2,1-3H3. The van der Waals surface area contributed by atoms with E-state index in [1.165, 1.54) is 5.06 Å². The van der Waals surface area contributed by atoms with Crippen molar-refractivity contribution in [2.24, 2.45) is 0 Å². The van der Waals surface area contributed by atoms with E-state index in [1.54, 1.807) is 0 Å². The van der Waals surface area contributed by atoms with Gasteiger partial charge >= 0.3 is 0 Å². The lowest BCUT2D eigenvalue weighted by Gasteiger charge is -2.20. The van der Waals surface area contributed by atoms with E-state index in [0.29, 0.717) is 13.2 Å². The maximum atomic E-state index is 9.05. The Morgan fingerprint density at radius 2 is 1.90 bits per heavy atom. The molecule has 0 aliphatic heterocycles. The summed E-state index contributed by atoms with van der Waals surface area (Å²) in [5.74, 6) is 0. The molecule has 0 radical (unpaired) electrons. The van der Waals surface area contributed by atoms with Crippen LogP contribution in [0.15, 0.2) is 0 Å². The Hall–Kier alpha value is -0.120. The van der Waals surface area contributed by atoms with Gasteiger partial charge in [-0.3, -0.25) is 4.90 Å². The van der Waals surface area contributed by atoms with E-state index in [1.807, 2.05) is 14.0 Å². The largest absolute Gasteiger partial charge is 0.313 e. The first kappa shape index (κ1) is 9.88. The summed E-state index contributed by atoms with van der Waals surface area (Å²) >= 11 is 0.